The Morgan fingerprint density at radius 2 is 2.25 bits per heavy atom. The number of hydrogen-bond acceptors (Lipinski definition) is 4. The van der Waals surface area contributed by atoms with E-state index in [1.807, 2.05) is 0 Å². The summed E-state index contributed by atoms with van der Waals surface area (Å²) in [5.74, 6) is 0. The fourth-order valence-electron chi connectivity index (χ4n) is 1.14. The highest BCUT2D eigenvalue weighted by Crippen LogP contribution is 2.11. The van der Waals surface area contributed by atoms with Gasteiger partial charge < -0.3 is 15.2 Å². The molecule has 1 aromatic rings. The Morgan fingerprint density at radius 1 is 1.44 bits per heavy atom. The lowest BCUT2D eigenvalue weighted by Gasteiger charge is -2.07. The first-order valence-corrected chi connectivity index (χ1v) is 5.00. The first-order valence-electron chi connectivity index (χ1n) is 5.00. The average Bonchev–Trinajstić information content (AvgIpc) is 2.24. The molecule has 1 aromatic carbocycles. The molecule has 0 aromatic heterocycles. The van der Waals surface area contributed by atoms with Crippen molar-refractivity contribution in [2.24, 2.45) is 0 Å². The SMILES string of the molecule is COCCCOC(=O)Nc1cccc(N)c1. The maximum atomic E-state index is 11.3. The van der Waals surface area contributed by atoms with Gasteiger partial charge in [-0.2, -0.15) is 0 Å². The number of nitrogen functional groups attached to an aromatic ring is 1. The van der Waals surface area contributed by atoms with E-state index in [4.69, 9.17) is 15.2 Å². The van der Waals surface area contributed by atoms with Gasteiger partial charge in [-0.1, -0.05) is 6.07 Å². The molecule has 1 rings (SSSR count). The van der Waals surface area contributed by atoms with Crippen LogP contribution in [0.5, 0.6) is 0 Å². The summed E-state index contributed by atoms with van der Waals surface area (Å²) in [6.07, 6.45) is 0.197. The van der Waals surface area contributed by atoms with Crippen LogP contribution >= 0.6 is 0 Å². The molecule has 3 N–H and O–H groups in total. The van der Waals surface area contributed by atoms with Crippen LogP contribution in [0, 0.1) is 0 Å². The van der Waals surface area contributed by atoms with Crippen LogP contribution in [-0.4, -0.2) is 26.4 Å². The molecular weight excluding hydrogens is 208 g/mol. The van der Waals surface area contributed by atoms with Crippen LogP contribution in [-0.2, 0) is 9.47 Å². The van der Waals surface area contributed by atoms with E-state index < -0.39 is 6.09 Å². The molecule has 5 heteroatoms. The number of carbonyl (C=O) groups excluding carboxylic acids is 1. The molecule has 0 spiro atoms. The van der Waals surface area contributed by atoms with Crippen LogP contribution in [0.15, 0.2) is 24.3 Å². The quantitative estimate of drug-likeness (QED) is 0.591. The topological polar surface area (TPSA) is 73.6 Å². The first-order chi connectivity index (χ1) is 7.72. The molecule has 0 bridgehead atoms. The zero-order chi connectivity index (χ0) is 11.8. The van der Waals surface area contributed by atoms with Crippen molar-refractivity contribution in [3.05, 3.63) is 24.3 Å². The molecule has 0 heterocycles. The maximum Gasteiger partial charge on any atom is 0.411 e. The molecule has 0 unspecified atom stereocenters. The van der Waals surface area contributed by atoms with Crippen LogP contribution in [0.25, 0.3) is 0 Å². The molecule has 0 saturated carbocycles. The molecule has 0 aliphatic carbocycles. The van der Waals surface area contributed by atoms with Gasteiger partial charge in [-0.3, -0.25) is 5.32 Å². The number of anilines is 2. The summed E-state index contributed by atoms with van der Waals surface area (Å²) in [5, 5.41) is 2.58. The van der Waals surface area contributed by atoms with Crippen molar-refractivity contribution in [1.29, 1.82) is 0 Å². The van der Waals surface area contributed by atoms with E-state index in [9.17, 15) is 4.79 Å². The number of amides is 1. The predicted molar refractivity (Wildman–Crippen MR) is 62.3 cm³/mol. The molecule has 88 valence electrons. The molecule has 0 aliphatic heterocycles. The molecule has 16 heavy (non-hydrogen) atoms. The van der Waals surface area contributed by atoms with Gasteiger partial charge in [0.15, 0.2) is 0 Å². The monoisotopic (exact) mass is 224 g/mol. The van der Waals surface area contributed by atoms with Gasteiger partial charge >= 0.3 is 6.09 Å². The summed E-state index contributed by atoms with van der Waals surface area (Å²) in [4.78, 5) is 11.3. The summed E-state index contributed by atoms with van der Waals surface area (Å²) in [7, 11) is 1.60. The van der Waals surface area contributed by atoms with E-state index in [1.54, 1.807) is 31.4 Å². The Kier molecular flexibility index (Phi) is 5.15. The zero-order valence-electron chi connectivity index (χ0n) is 9.23. The number of nitrogens with two attached hydrogens (primary N) is 1. The third-order valence-electron chi connectivity index (χ3n) is 1.86. The first kappa shape index (κ1) is 12.3. The van der Waals surface area contributed by atoms with Crippen molar-refractivity contribution >= 4 is 17.5 Å². The molecular formula is C11H16N2O3. The Balaban J connectivity index is 2.29. The fourth-order valence-corrected chi connectivity index (χ4v) is 1.14. The standard InChI is InChI=1S/C11H16N2O3/c1-15-6-3-7-16-11(14)13-10-5-2-4-9(12)8-10/h2,4-5,8H,3,6-7,12H2,1H3,(H,13,14). The number of hydrogen-bond donors (Lipinski definition) is 2. The van der Waals surface area contributed by atoms with E-state index in [0.717, 1.165) is 0 Å². The van der Waals surface area contributed by atoms with Crippen LogP contribution in [0.4, 0.5) is 16.2 Å². The second-order valence-electron chi connectivity index (χ2n) is 3.23. The van der Waals surface area contributed by atoms with Gasteiger partial charge in [0.25, 0.3) is 0 Å². The Morgan fingerprint density at radius 3 is 2.94 bits per heavy atom. The summed E-state index contributed by atoms with van der Waals surface area (Å²) in [6, 6.07) is 6.91. The average molecular weight is 224 g/mol. The number of ether oxygens (including phenoxy) is 2. The van der Waals surface area contributed by atoms with Crippen molar-refractivity contribution in [1.82, 2.24) is 0 Å². The lowest BCUT2D eigenvalue weighted by atomic mass is 10.3. The van der Waals surface area contributed by atoms with E-state index >= 15 is 0 Å². The second-order valence-corrected chi connectivity index (χ2v) is 3.23. The maximum absolute atomic E-state index is 11.3. The predicted octanol–water partition coefficient (Wildman–Crippen LogP) is 1.85. The summed E-state index contributed by atoms with van der Waals surface area (Å²) in [6.45, 7) is 0.910. The molecule has 0 radical (unpaired) electrons. The minimum Gasteiger partial charge on any atom is -0.449 e. The fraction of sp³-hybridized carbons (Fsp3) is 0.364. The summed E-state index contributed by atoms with van der Waals surface area (Å²) >= 11 is 0. The number of rotatable bonds is 5. The number of methoxy groups -OCH3 is 1. The lowest BCUT2D eigenvalue weighted by Crippen LogP contribution is -2.15. The van der Waals surface area contributed by atoms with Crippen molar-refractivity contribution in [3.8, 4) is 0 Å². The van der Waals surface area contributed by atoms with Crippen LogP contribution < -0.4 is 11.1 Å². The highest BCUT2D eigenvalue weighted by molar-refractivity contribution is 5.85. The highest BCUT2D eigenvalue weighted by Gasteiger charge is 2.02. The largest absolute Gasteiger partial charge is 0.449 e. The lowest BCUT2D eigenvalue weighted by molar-refractivity contribution is 0.134. The highest BCUT2D eigenvalue weighted by atomic mass is 16.5. The van der Waals surface area contributed by atoms with Gasteiger partial charge in [0, 0.05) is 31.5 Å². The number of benzene rings is 1. The summed E-state index contributed by atoms with van der Waals surface area (Å²) < 4.78 is 9.75. The van der Waals surface area contributed by atoms with Gasteiger partial charge in [-0.25, -0.2) is 4.79 Å². The minimum absolute atomic E-state index is 0.335. The van der Waals surface area contributed by atoms with E-state index in [1.165, 1.54) is 0 Å². The Labute approximate surface area is 94.5 Å². The van der Waals surface area contributed by atoms with Crippen LogP contribution in [0.2, 0.25) is 0 Å². The van der Waals surface area contributed by atoms with Crippen molar-refractivity contribution in [2.45, 2.75) is 6.42 Å². The molecule has 1 amide bonds. The van der Waals surface area contributed by atoms with Crippen molar-refractivity contribution in [3.63, 3.8) is 0 Å². The van der Waals surface area contributed by atoms with E-state index in [2.05, 4.69) is 5.32 Å². The smallest absolute Gasteiger partial charge is 0.411 e. The molecule has 0 atom stereocenters. The van der Waals surface area contributed by atoms with Crippen molar-refractivity contribution < 1.29 is 14.3 Å². The van der Waals surface area contributed by atoms with Gasteiger partial charge in [0.1, 0.15) is 0 Å². The zero-order valence-corrected chi connectivity index (χ0v) is 9.23. The Hall–Kier alpha value is -1.75. The minimum atomic E-state index is -0.485. The summed E-state index contributed by atoms with van der Waals surface area (Å²) in [5.41, 5.74) is 6.78. The Bertz CT molecular complexity index is 342. The molecule has 5 nitrogen and oxygen atoms in total. The van der Waals surface area contributed by atoms with Crippen molar-refractivity contribution in [2.75, 3.05) is 31.4 Å². The third-order valence-corrected chi connectivity index (χ3v) is 1.86. The number of nitrogens with one attached hydrogen (secondary N) is 1. The molecule has 0 aliphatic rings. The second kappa shape index (κ2) is 6.68. The van der Waals surface area contributed by atoms with Gasteiger partial charge in [0.2, 0.25) is 0 Å². The van der Waals surface area contributed by atoms with Gasteiger partial charge in [-0.15, -0.1) is 0 Å². The molecule has 0 saturated heterocycles. The molecule has 0 fully saturated rings. The van der Waals surface area contributed by atoms with E-state index in [0.29, 0.717) is 31.0 Å². The third kappa shape index (κ3) is 4.65. The van der Waals surface area contributed by atoms with Crippen LogP contribution in [0.1, 0.15) is 6.42 Å². The number of carbonyl (C=O) groups is 1. The van der Waals surface area contributed by atoms with Crippen LogP contribution in [0.3, 0.4) is 0 Å². The van der Waals surface area contributed by atoms with E-state index in [-0.39, 0.29) is 0 Å². The van der Waals surface area contributed by atoms with Gasteiger partial charge in [-0.05, 0) is 18.2 Å². The normalized spacial score (nSPS) is 9.81. The van der Waals surface area contributed by atoms with Gasteiger partial charge in [0.05, 0.1) is 6.61 Å².